The van der Waals surface area contributed by atoms with Gasteiger partial charge < -0.3 is 24.2 Å². The van der Waals surface area contributed by atoms with Gasteiger partial charge in [0.15, 0.2) is 11.4 Å². The van der Waals surface area contributed by atoms with E-state index < -0.39 is 23.7 Å². The van der Waals surface area contributed by atoms with Crippen molar-refractivity contribution in [3.05, 3.63) is 82.9 Å². The number of benzene rings is 3. The van der Waals surface area contributed by atoms with Gasteiger partial charge in [0.1, 0.15) is 23.9 Å². The number of aliphatic hydroxyl groups is 1. The number of carbonyl (C=O) groups is 2. The molecule has 1 N–H and O–H groups in total. The lowest BCUT2D eigenvalue weighted by atomic mass is 9.88. The first kappa shape index (κ1) is 23.6. The molecular formula is C26H24ClNO6. The van der Waals surface area contributed by atoms with Crippen LogP contribution in [0.4, 0.5) is 5.69 Å². The van der Waals surface area contributed by atoms with Crippen LogP contribution in [-0.2, 0) is 10.4 Å². The van der Waals surface area contributed by atoms with Crippen LogP contribution < -0.4 is 19.1 Å². The van der Waals surface area contributed by atoms with E-state index in [1.807, 2.05) is 0 Å². The molecule has 1 amide bonds. The van der Waals surface area contributed by atoms with Crippen molar-refractivity contribution in [3.63, 3.8) is 0 Å². The molecule has 1 aliphatic rings. The second-order valence-electron chi connectivity index (χ2n) is 7.80. The van der Waals surface area contributed by atoms with Crippen LogP contribution in [0.15, 0.2) is 66.7 Å². The van der Waals surface area contributed by atoms with E-state index >= 15 is 0 Å². The number of Topliss-reactive ketones (excluding diaryl/α,β-unsaturated/α-hetero) is 1. The SMILES string of the molecule is COc1ccc(C(=O)C[C@]2(O)C(=O)N(CCOc3ccc(Cl)cc3)c3ccccc32)c(OC)c1. The van der Waals surface area contributed by atoms with Crippen molar-refractivity contribution in [2.75, 3.05) is 32.3 Å². The maximum atomic E-state index is 13.4. The first-order chi connectivity index (χ1) is 16.4. The number of fused-ring (bicyclic) bond motifs is 1. The van der Waals surface area contributed by atoms with Crippen LogP contribution in [0.3, 0.4) is 0 Å². The Morgan fingerprint density at radius 2 is 1.71 bits per heavy atom. The summed E-state index contributed by atoms with van der Waals surface area (Å²) in [6, 6.07) is 18.6. The molecule has 4 rings (SSSR count). The number of ether oxygens (including phenoxy) is 3. The molecule has 0 bridgehead atoms. The Bertz CT molecular complexity index is 1210. The number of carbonyl (C=O) groups excluding carboxylic acids is 2. The Morgan fingerprint density at radius 1 is 1.00 bits per heavy atom. The molecule has 3 aromatic carbocycles. The summed E-state index contributed by atoms with van der Waals surface area (Å²) in [5, 5.41) is 12.1. The number of hydrogen-bond donors (Lipinski definition) is 1. The first-order valence-corrected chi connectivity index (χ1v) is 11.0. The molecule has 0 saturated heterocycles. The van der Waals surface area contributed by atoms with Gasteiger partial charge in [-0.05, 0) is 42.5 Å². The zero-order chi connectivity index (χ0) is 24.3. The summed E-state index contributed by atoms with van der Waals surface area (Å²) in [5.41, 5.74) is -0.818. The fourth-order valence-electron chi connectivity index (χ4n) is 4.04. The van der Waals surface area contributed by atoms with E-state index in [-0.39, 0.29) is 18.7 Å². The lowest BCUT2D eigenvalue weighted by Gasteiger charge is -2.23. The van der Waals surface area contributed by atoms with Gasteiger partial charge in [0.2, 0.25) is 0 Å². The average Bonchev–Trinajstić information content (AvgIpc) is 3.06. The molecule has 0 unspecified atom stereocenters. The van der Waals surface area contributed by atoms with Crippen LogP contribution in [-0.4, -0.2) is 44.2 Å². The Labute approximate surface area is 202 Å². The molecule has 3 aromatic rings. The summed E-state index contributed by atoms with van der Waals surface area (Å²) in [4.78, 5) is 28.0. The Kier molecular flexibility index (Phi) is 6.77. The van der Waals surface area contributed by atoms with Crippen LogP contribution in [0.25, 0.3) is 0 Å². The number of nitrogens with zero attached hydrogens (tertiary/aromatic N) is 1. The van der Waals surface area contributed by atoms with Gasteiger partial charge in [-0.25, -0.2) is 0 Å². The largest absolute Gasteiger partial charge is 0.497 e. The van der Waals surface area contributed by atoms with Gasteiger partial charge in [0.25, 0.3) is 5.91 Å². The minimum absolute atomic E-state index is 0.192. The molecule has 8 heteroatoms. The topological polar surface area (TPSA) is 85.3 Å². The van der Waals surface area contributed by atoms with Gasteiger partial charge in [-0.15, -0.1) is 0 Å². The molecule has 0 aromatic heterocycles. The van der Waals surface area contributed by atoms with Crippen molar-refractivity contribution in [3.8, 4) is 17.2 Å². The van der Waals surface area contributed by atoms with E-state index in [0.717, 1.165) is 0 Å². The van der Waals surface area contributed by atoms with Crippen molar-refractivity contribution < 1.29 is 28.9 Å². The zero-order valence-electron chi connectivity index (χ0n) is 18.8. The summed E-state index contributed by atoms with van der Waals surface area (Å²) >= 11 is 5.90. The first-order valence-electron chi connectivity index (χ1n) is 10.6. The molecular weight excluding hydrogens is 458 g/mol. The Balaban J connectivity index is 1.55. The van der Waals surface area contributed by atoms with Crippen LogP contribution in [0.5, 0.6) is 17.2 Å². The van der Waals surface area contributed by atoms with E-state index in [1.165, 1.54) is 19.1 Å². The summed E-state index contributed by atoms with van der Waals surface area (Å²) in [6.07, 6.45) is -0.430. The third kappa shape index (κ3) is 4.44. The maximum absolute atomic E-state index is 13.4. The van der Waals surface area contributed by atoms with Gasteiger partial charge >= 0.3 is 0 Å². The maximum Gasteiger partial charge on any atom is 0.264 e. The van der Waals surface area contributed by atoms with E-state index in [4.69, 9.17) is 25.8 Å². The van der Waals surface area contributed by atoms with Crippen LogP contribution in [0, 0.1) is 0 Å². The third-order valence-corrected chi connectivity index (χ3v) is 6.01. The van der Waals surface area contributed by atoms with Gasteiger partial charge in [-0.1, -0.05) is 29.8 Å². The molecule has 1 heterocycles. The number of para-hydroxylation sites is 1. The molecule has 176 valence electrons. The van der Waals surface area contributed by atoms with Crippen molar-refractivity contribution in [1.29, 1.82) is 0 Å². The summed E-state index contributed by atoms with van der Waals surface area (Å²) < 4.78 is 16.2. The molecule has 1 aliphatic heterocycles. The van der Waals surface area contributed by atoms with Crippen LogP contribution in [0.2, 0.25) is 5.02 Å². The highest BCUT2D eigenvalue weighted by molar-refractivity contribution is 6.30. The summed E-state index contributed by atoms with van der Waals surface area (Å²) in [6.45, 7) is 0.388. The van der Waals surface area contributed by atoms with Gasteiger partial charge in [0.05, 0.1) is 38.4 Å². The normalized spacial score (nSPS) is 16.8. The molecule has 0 saturated carbocycles. The molecule has 0 aliphatic carbocycles. The fourth-order valence-corrected chi connectivity index (χ4v) is 4.17. The predicted octanol–water partition coefficient (Wildman–Crippen LogP) is 4.24. The standard InChI is InChI=1S/C26H24ClNO6/c1-32-19-11-12-20(24(15-19)33-2)23(29)16-26(31)21-5-3-4-6-22(21)28(25(26)30)13-14-34-18-9-7-17(27)8-10-18/h3-12,15,31H,13-14,16H2,1-2H3/t26-/m1/s1. The quantitative estimate of drug-likeness (QED) is 0.460. The van der Waals surface area contributed by atoms with E-state index in [9.17, 15) is 14.7 Å². The highest BCUT2D eigenvalue weighted by Crippen LogP contribution is 2.43. The van der Waals surface area contributed by atoms with Crippen molar-refractivity contribution in [1.82, 2.24) is 0 Å². The van der Waals surface area contributed by atoms with Crippen LogP contribution in [0.1, 0.15) is 22.3 Å². The Hall–Kier alpha value is -3.55. The molecule has 0 fully saturated rings. The smallest absolute Gasteiger partial charge is 0.264 e. The van der Waals surface area contributed by atoms with Gasteiger partial charge in [-0.3, -0.25) is 9.59 Å². The van der Waals surface area contributed by atoms with Gasteiger partial charge in [0, 0.05) is 16.7 Å². The molecule has 7 nitrogen and oxygen atoms in total. The fraction of sp³-hybridized carbons (Fsp3) is 0.231. The minimum atomic E-state index is -2.00. The highest BCUT2D eigenvalue weighted by Gasteiger charge is 2.50. The molecule has 0 spiro atoms. The Morgan fingerprint density at radius 3 is 2.41 bits per heavy atom. The monoisotopic (exact) mass is 481 g/mol. The number of halogens is 1. The lowest BCUT2D eigenvalue weighted by Crippen LogP contribution is -2.43. The second kappa shape index (κ2) is 9.75. The number of ketones is 1. The zero-order valence-corrected chi connectivity index (χ0v) is 19.5. The van der Waals surface area contributed by atoms with Crippen molar-refractivity contribution in [2.45, 2.75) is 12.0 Å². The molecule has 34 heavy (non-hydrogen) atoms. The van der Waals surface area contributed by atoms with E-state index in [0.29, 0.717) is 33.5 Å². The number of hydrogen-bond acceptors (Lipinski definition) is 6. The molecule has 1 atom stereocenters. The lowest BCUT2D eigenvalue weighted by molar-refractivity contribution is -0.135. The number of amides is 1. The van der Waals surface area contributed by atoms with Crippen LogP contribution >= 0.6 is 11.6 Å². The number of anilines is 1. The highest BCUT2D eigenvalue weighted by atomic mass is 35.5. The molecule has 0 radical (unpaired) electrons. The van der Waals surface area contributed by atoms with Crippen molar-refractivity contribution in [2.24, 2.45) is 0 Å². The number of methoxy groups -OCH3 is 2. The average molecular weight is 482 g/mol. The second-order valence-corrected chi connectivity index (χ2v) is 8.24. The van der Waals surface area contributed by atoms with E-state index in [2.05, 4.69) is 0 Å². The predicted molar refractivity (Wildman–Crippen MR) is 128 cm³/mol. The van der Waals surface area contributed by atoms with Gasteiger partial charge in [-0.2, -0.15) is 0 Å². The van der Waals surface area contributed by atoms with Crippen molar-refractivity contribution >= 4 is 29.0 Å². The third-order valence-electron chi connectivity index (χ3n) is 5.76. The van der Waals surface area contributed by atoms with E-state index in [1.54, 1.807) is 66.7 Å². The minimum Gasteiger partial charge on any atom is -0.497 e. The summed E-state index contributed by atoms with van der Waals surface area (Å²) in [7, 11) is 2.96. The number of rotatable bonds is 9. The summed E-state index contributed by atoms with van der Waals surface area (Å²) in [5.74, 6) is 0.446.